The van der Waals surface area contributed by atoms with Crippen LogP contribution in [0.15, 0.2) is 42.3 Å². The minimum Gasteiger partial charge on any atom is -0.267 e. The van der Waals surface area contributed by atoms with E-state index in [1.807, 2.05) is 6.07 Å². The highest BCUT2D eigenvalue weighted by molar-refractivity contribution is 7.95. The predicted molar refractivity (Wildman–Crippen MR) is 58.6 cm³/mol. The van der Waals surface area contributed by atoms with Crippen molar-refractivity contribution in [1.29, 1.82) is 0 Å². The summed E-state index contributed by atoms with van der Waals surface area (Å²) in [5.74, 6) is 0. The average molecular weight is 211 g/mol. The smallest absolute Gasteiger partial charge is 0.256 e. The Labute approximate surface area is 84.7 Å². The number of nitrogens with zero attached hydrogens (tertiary/aromatic N) is 1. The molecule has 3 nitrogen and oxygen atoms in total. The van der Waals surface area contributed by atoms with Crippen molar-refractivity contribution in [1.82, 2.24) is 0 Å². The first-order valence-electron chi connectivity index (χ1n) is 4.32. The number of rotatable bonds is 4. The molecule has 0 N–H and O–H groups in total. The number of anilines is 1. The van der Waals surface area contributed by atoms with Gasteiger partial charge in [-0.25, -0.2) is 8.42 Å². The Bertz CT molecular complexity index is 397. The molecule has 0 aliphatic rings. The minimum absolute atomic E-state index is 0.401. The van der Waals surface area contributed by atoms with Crippen LogP contribution in [0.2, 0.25) is 0 Å². The van der Waals surface area contributed by atoms with Crippen molar-refractivity contribution < 1.29 is 8.42 Å². The van der Waals surface area contributed by atoms with Gasteiger partial charge in [0.15, 0.2) is 0 Å². The van der Waals surface area contributed by atoms with Crippen molar-refractivity contribution in [2.24, 2.45) is 0 Å². The fourth-order valence-corrected chi connectivity index (χ4v) is 2.15. The summed E-state index contributed by atoms with van der Waals surface area (Å²) in [6, 6.07) is 8.96. The molecule has 0 aromatic heterocycles. The standard InChI is InChI=1S/C10H13NO2S/c1-3-11(14(12,13)4-2)10-8-6-5-7-9-10/h4-9H,2-3H2,1H3. The molecule has 0 spiro atoms. The summed E-state index contributed by atoms with van der Waals surface area (Å²) < 4.78 is 24.4. The van der Waals surface area contributed by atoms with Gasteiger partial charge in [0.2, 0.25) is 0 Å². The van der Waals surface area contributed by atoms with Crippen molar-refractivity contribution in [3.05, 3.63) is 42.3 Å². The summed E-state index contributed by atoms with van der Waals surface area (Å²) in [7, 11) is -3.37. The Balaban J connectivity index is 3.12. The fourth-order valence-electron chi connectivity index (χ4n) is 1.19. The monoisotopic (exact) mass is 211 g/mol. The Morgan fingerprint density at radius 2 is 1.93 bits per heavy atom. The SMILES string of the molecule is C=CS(=O)(=O)N(CC)c1ccccc1. The molecule has 0 atom stereocenters. The lowest BCUT2D eigenvalue weighted by molar-refractivity contribution is 0.600. The molecule has 0 saturated carbocycles. The van der Waals surface area contributed by atoms with Crippen molar-refractivity contribution in [3.63, 3.8) is 0 Å². The molecule has 0 unspecified atom stereocenters. The first kappa shape index (κ1) is 10.8. The average Bonchev–Trinajstić information content (AvgIpc) is 2.20. The summed E-state index contributed by atoms with van der Waals surface area (Å²) >= 11 is 0. The third-order valence-corrected chi connectivity index (χ3v) is 3.35. The number of hydrogen-bond donors (Lipinski definition) is 0. The van der Waals surface area contributed by atoms with Gasteiger partial charge >= 0.3 is 0 Å². The number of hydrogen-bond acceptors (Lipinski definition) is 2. The van der Waals surface area contributed by atoms with Gasteiger partial charge in [-0.2, -0.15) is 0 Å². The molecule has 76 valence electrons. The molecule has 0 aliphatic heterocycles. The van der Waals surface area contributed by atoms with E-state index in [4.69, 9.17) is 0 Å². The van der Waals surface area contributed by atoms with E-state index >= 15 is 0 Å². The van der Waals surface area contributed by atoms with Crippen LogP contribution in [0, 0.1) is 0 Å². The molecule has 1 aromatic carbocycles. The van der Waals surface area contributed by atoms with Crippen LogP contribution in [-0.4, -0.2) is 15.0 Å². The molecular formula is C10H13NO2S. The molecule has 0 radical (unpaired) electrons. The maximum atomic E-state index is 11.5. The van der Waals surface area contributed by atoms with Gasteiger partial charge in [0.25, 0.3) is 10.0 Å². The number of para-hydroxylation sites is 1. The number of sulfonamides is 1. The minimum atomic E-state index is -3.37. The zero-order valence-corrected chi connectivity index (χ0v) is 8.87. The van der Waals surface area contributed by atoms with Crippen LogP contribution in [0.5, 0.6) is 0 Å². The molecule has 0 fully saturated rings. The van der Waals surface area contributed by atoms with Gasteiger partial charge in [0, 0.05) is 12.0 Å². The highest BCUT2D eigenvalue weighted by atomic mass is 32.2. The quantitative estimate of drug-likeness (QED) is 0.763. The summed E-state index contributed by atoms with van der Waals surface area (Å²) in [4.78, 5) is 0. The topological polar surface area (TPSA) is 37.4 Å². The molecule has 0 heterocycles. The van der Waals surface area contributed by atoms with Crippen LogP contribution in [0.25, 0.3) is 0 Å². The third kappa shape index (κ3) is 2.14. The van der Waals surface area contributed by atoms with E-state index < -0.39 is 10.0 Å². The van der Waals surface area contributed by atoms with Crippen LogP contribution in [0.3, 0.4) is 0 Å². The van der Waals surface area contributed by atoms with Gasteiger partial charge < -0.3 is 0 Å². The van der Waals surface area contributed by atoms with Gasteiger partial charge in [0.1, 0.15) is 0 Å². The molecular weight excluding hydrogens is 198 g/mol. The summed E-state index contributed by atoms with van der Waals surface area (Å²) in [6.07, 6.45) is 0. The van der Waals surface area contributed by atoms with E-state index in [1.165, 1.54) is 4.31 Å². The molecule has 0 amide bonds. The van der Waals surface area contributed by atoms with Crippen LogP contribution in [-0.2, 0) is 10.0 Å². The van der Waals surface area contributed by atoms with E-state index in [0.29, 0.717) is 12.2 Å². The van der Waals surface area contributed by atoms with Gasteiger partial charge in [-0.15, -0.1) is 0 Å². The maximum absolute atomic E-state index is 11.5. The Hall–Kier alpha value is -1.29. The van der Waals surface area contributed by atoms with Crippen LogP contribution < -0.4 is 4.31 Å². The largest absolute Gasteiger partial charge is 0.267 e. The predicted octanol–water partition coefficient (Wildman–Crippen LogP) is 1.99. The first-order valence-corrected chi connectivity index (χ1v) is 5.82. The molecule has 0 bridgehead atoms. The van der Waals surface area contributed by atoms with Crippen molar-refractivity contribution in [2.75, 3.05) is 10.8 Å². The fraction of sp³-hybridized carbons (Fsp3) is 0.200. The van der Waals surface area contributed by atoms with Gasteiger partial charge in [0.05, 0.1) is 5.69 Å². The lowest BCUT2D eigenvalue weighted by atomic mass is 10.3. The second-order valence-electron chi connectivity index (χ2n) is 2.71. The van der Waals surface area contributed by atoms with E-state index in [2.05, 4.69) is 6.58 Å². The van der Waals surface area contributed by atoms with Crippen LogP contribution in [0.4, 0.5) is 5.69 Å². The third-order valence-electron chi connectivity index (χ3n) is 1.85. The lowest BCUT2D eigenvalue weighted by Gasteiger charge is -2.20. The van der Waals surface area contributed by atoms with Crippen LogP contribution >= 0.6 is 0 Å². The Kier molecular flexibility index (Phi) is 3.30. The molecule has 1 rings (SSSR count). The highest BCUT2D eigenvalue weighted by Crippen LogP contribution is 2.17. The van der Waals surface area contributed by atoms with E-state index in [-0.39, 0.29) is 0 Å². The highest BCUT2D eigenvalue weighted by Gasteiger charge is 2.15. The molecule has 1 aromatic rings. The second-order valence-corrected chi connectivity index (χ2v) is 4.52. The van der Waals surface area contributed by atoms with Gasteiger partial charge in [-0.05, 0) is 19.1 Å². The Morgan fingerprint density at radius 3 is 2.36 bits per heavy atom. The molecule has 0 saturated heterocycles. The molecule has 4 heteroatoms. The number of benzene rings is 1. The zero-order chi connectivity index (χ0) is 10.6. The van der Waals surface area contributed by atoms with E-state index in [0.717, 1.165) is 5.41 Å². The van der Waals surface area contributed by atoms with Crippen molar-refractivity contribution in [2.45, 2.75) is 6.92 Å². The summed E-state index contributed by atoms with van der Waals surface area (Å²) in [5, 5.41) is 0.962. The lowest BCUT2D eigenvalue weighted by Crippen LogP contribution is -2.28. The van der Waals surface area contributed by atoms with Gasteiger partial charge in [-0.3, -0.25) is 4.31 Å². The maximum Gasteiger partial charge on any atom is 0.256 e. The van der Waals surface area contributed by atoms with Crippen LogP contribution in [0.1, 0.15) is 6.92 Å². The normalized spacial score (nSPS) is 10.9. The van der Waals surface area contributed by atoms with Gasteiger partial charge in [-0.1, -0.05) is 24.8 Å². The van der Waals surface area contributed by atoms with Crippen molar-refractivity contribution >= 4 is 15.7 Å². The molecule has 14 heavy (non-hydrogen) atoms. The second kappa shape index (κ2) is 4.28. The van der Waals surface area contributed by atoms with Crippen molar-refractivity contribution in [3.8, 4) is 0 Å². The summed E-state index contributed by atoms with van der Waals surface area (Å²) in [6.45, 7) is 5.48. The van der Waals surface area contributed by atoms with E-state index in [9.17, 15) is 8.42 Å². The molecule has 0 aliphatic carbocycles. The van der Waals surface area contributed by atoms with E-state index in [1.54, 1.807) is 31.2 Å². The first-order chi connectivity index (χ1) is 6.61. The summed E-state index contributed by atoms with van der Waals surface area (Å²) in [5.41, 5.74) is 0.662. The zero-order valence-electron chi connectivity index (χ0n) is 8.05. The Morgan fingerprint density at radius 1 is 1.36 bits per heavy atom.